The highest BCUT2D eigenvalue weighted by molar-refractivity contribution is 5.96. The van der Waals surface area contributed by atoms with Gasteiger partial charge in [-0.25, -0.2) is 4.98 Å². The number of nitrogens with zero attached hydrogens (tertiary/aromatic N) is 1. The number of pyridine rings is 1. The molecule has 0 aliphatic rings. The van der Waals surface area contributed by atoms with Crippen molar-refractivity contribution in [1.82, 2.24) is 4.98 Å². The summed E-state index contributed by atoms with van der Waals surface area (Å²) in [5.74, 6) is -0.180. The molecule has 1 rings (SSSR count). The van der Waals surface area contributed by atoms with Crippen molar-refractivity contribution in [3.8, 4) is 5.88 Å². The van der Waals surface area contributed by atoms with Gasteiger partial charge in [0.05, 0.1) is 13.7 Å². The number of Topliss-reactive ketones (excluding diaryl/α,β-unsaturated/α-hetero) is 1. The van der Waals surface area contributed by atoms with Crippen LogP contribution in [0.4, 0.5) is 0 Å². The van der Waals surface area contributed by atoms with Gasteiger partial charge in [0.25, 0.3) is 0 Å². The van der Waals surface area contributed by atoms with Crippen molar-refractivity contribution in [2.24, 2.45) is 0 Å². The monoisotopic (exact) mass is 237 g/mol. The molecule has 1 heterocycles. The Hall–Kier alpha value is -1.91. The van der Waals surface area contributed by atoms with Gasteiger partial charge >= 0.3 is 5.97 Å². The minimum Gasteiger partial charge on any atom is -0.481 e. The lowest BCUT2D eigenvalue weighted by atomic mass is 10.1. The van der Waals surface area contributed by atoms with E-state index >= 15 is 0 Å². The van der Waals surface area contributed by atoms with Crippen LogP contribution in [0.3, 0.4) is 0 Å². The number of ketones is 1. The molecule has 17 heavy (non-hydrogen) atoms. The zero-order chi connectivity index (χ0) is 12.7. The highest BCUT2D eigenvalue weighted by Crippen LogP contribution is 2.08. The predicted molar refractivity (Wildman–Crippen MR) is 60.8 cm³/mol. The van der Waals surface area contributed by atoms with E-state index in [1.54, 1.807) is 25.3 Å². The number of ether oxygens (including phenoxy) is 2. The number of esters is 1. The zero-order valence-corrected chi connectivity index (χ0v) is 9.93. The zero-order valence-electron chi connectivity index (χ0n) is 9.93. The number of rotatable bonds is 6. The summed E-state index contributed by atoms with van der Waals surface area (Å²) < 4.78 is 9.59. The summed E-state index contributed by atoms with van der Waals surface area (Å²) in [7, 11) is 1.52. The van der Waals surface area contributed by atoms with E-state index in [1.807, 2.05) is 0 Å². The van der Waals surface area contributed by atoms with Crippen molar-refractivity contribution in [3.63, 3.8) is 0 Å². The van der Waals surface area contributed by atoms with E-state index in [2.05, 4.69) is 4.98 Å². The van der Waals surface area contributed by atoms with Crippen molar-refractivity contribution in [3.05, 3.63) is 23.9 Å². The van der Waals surface area contributed by atoms with Crippen molar-refractivity contribution in [1.29, 1.82) is 0 Å². The van der Waals surface area contributed by atoms with Crippen LogP contribution in [0.2, 0.25) is 0 Å². The molecule has 0 fully saturated rings. The number of methoxy groups -OCH3 is 1. The minimum absolute atomic E-state index is 0.176. The van der Waals surface area contributed by atoms with E-state index < -0.39 is 5.97 Å². The first-order valence-electron chi connectivity index (χ1n) is 5.32. The fourth-order valence-corrected chi connectivity index (χ4v) is 1.30. The van der Waals surface area contributed by atoms with Crippen LogP contribution in [0.25, 0.3) is 0 Å². The third-order valence-electron chi connectivity index (χ3n) is 2.05. The standard InChI is InChI=1S/C12H15NO4/c1-3-17-12(15)7-10(14)6-9-4-5-11(16-2)13-8-9/h4-5,8H,3,6-7H2,1-2H3. The average Bonchev–Trinajstić information content (AvgIpc) is 2.30. The van der Waals surface area contributed by atoms with Gasteiger partial charge in [0.1, 0.15) is 12.2 Å². The first-order valence-corrected chi connectivity index (χ1v) is 5.32. The van der Waals surface area contributed by atoms with Crippen molar-refractivity contribution >= 4 is 11.8 Å². The summed E-state index contributed by atoms with van der Waals surface area (Å²) in [6.07, 6.45) is 1.54. The summed E-state index contributed by atoms with van der Waals surface area (Å²) in [5.41, 5.74) is 0.750. The molecule has 0 amide bonds. The van der Waals surface area contributed by atoms with E-state index in [0.717, 1.165) is 5.56 Å². The van der Waals surface area contributed by atoms with Gasteiger partial charge in [-0.2, -0.15) is 0 Å². The van der Waals surface area contributed by atoms with E-state index in [0.29, 0.717) is 5.88 Å². The van der Waals surface area contributed by atoms with Gasteiger partial charge in [0.2, 0.25) is 5.88 Å². The second kappa shape index (κ2) is 6.62. The molecule has 0 bridgehead atoms. The summed E-state index contributed by atoms with van der Waals surface area (Å²) in [6.45, 7) is 1.99. The molecular formula is C12H15NO4. The highest BCUT2D eigenvalue weighted by Gasteiger charge is 2.11. The van der Waals surface area contributed by atoms with Crippen LogP contribution in [-0.2, 0) is 20.7 Å². The van der Waals surface area contributed by atoms with Gasteiger partial charge in [0.15, 0.2) is 0 Å². The van der Waals surface area contributed by atoms with Gasteiger partial charge < -0.3 is 9.47 Å². The number of carbonyl (C=O) groups is 2. The Morgan fingerprint density at radius 2 is 2.12 bits per heavy atom. The van der Waals surface area contributed by atoms with Gasteiger partial charge in [-0.05, 0) is 12.5 Å². The lowest BCUT2D eigenvalue weighted by molar-refractivity contribution is -0.145. The smallest absolute Gasteiger partial charge is 0.313 e. The number of carbonyl (C=O) groups excluding carboxylic acids is 2. The second-order valence-corrected chi connectivity index (χ2v) is 3.41. The Morgan fingerprint density at radius 1 is 1.35 bits per heavy atom. The SMILES string of the molecule is CCOC(=O)CC(=O)Cc1ccc(OC)nc1. The fourth-order valence-electron chi connectivity index (χ4n) is 1.30. The van der Waals surface area contributed by atoms with E-state index in [1.165, 1.54) is 7.11 Å². The first-order chi connectivity index (χ1) is 8.15. The molecule has 5 nitrogen and oxygen atoms in total. The maximum absolute atomic E-state index is 11.5. The molecule has 92 valence electrons. The van der Waals surface area contributed by atoms with Gasteiger partial charge in [0, 0.05) is 18.7 Å². The molecule has 0 aliphatic heterocycles. The van der Waals surface area contributed by atoms with Crippen molar-refractivity contribution in [2.45, 2.75) is 19.8 Å². The Bertz CT molecular complexity index is 386. The maximum Gasteiger partial charge on any atom is 0.313 e. The van der Waals surface area contributed by atoms with E-state index in [-0.39, 0.29) is 25.2 Å². The highest BCUT2D eigenvalue weighted by atomic mass is 16.5. The van der Waals surface area contributed by atoms with Crippen LogP contribution in [-0.4, -0.2) is 30.5 Å². The quantitative estimate of drug-likeness (QED) is 0.548. The lowest BCUT2D eigenvalue weighted by Crippen LogP contribution is -2.13. The topological polar surface area (TPSA) is 65.5 Å². The van der Waals surface area contributed by atoms with Crippen LogP contribution in [0.1, 0.15) is 18.9 Å². The molecule has 0 aromatic carbocycles. The second-order valence-electron chi connectivity index (χ2n) is 3.41. The van der Waals surface area contributed by atoms with Crippen LogP contribution in [0, 0.1) is 0 Å². The summed E-state index contributed by atoms with van der Waals surface area (Å²) in [5, 5.41) is 0. The van der Waals surface area contributed by atoms with Gasteiger partial charge in [-0.15, -0.1) is 0 Å². The molecule has 0 aliphatic carbocycles. The van der Waals surface area contributed by atoms with E-state index in [9.17, 15) is 9.59 Å². The Morgan fingerprint density at radius 3 is 2.65 bits per heavy atom. The van der Waals surface area contributed by atoms with Crippen molar-refractivity contribution in [2.75, 3.05) is 13.7 Å². The van der Waals surface area contributed by atoms with Crippen LogP contribution in [0.5, 0.6) is 5.88 Å². The minimum atomic E-state index is -0.487. The third kappa shape index (κ3) is 4.63. The predicted octanol–water partition coefficient (Wildman–Crippen LogP) is 1.16. The van der Waals surface area contributed by atoms with Crippen molar-refractivity contribution < 1.29 is 19.1 Å². The summed E-state index contributed by atoms with van der Waals surface area (Å²) in [4.78, 5) is 26.5. The Kier molecular flexibility index (Phi) is 5.13. The van der Waals surface area contributed by atoms with Crippen LogP contribution in [0.15, 0.2) is 18.3 Å². The average molecular weight is 237 g/mol. The molecule has 5 heteroatoms. The van der Waals surface area contributed by atoms with E-state index in [4.69, 9.17) is 9.47 Å². The maximum atomic E-state index is 11.5. The molecule has 0 N–H and O–H groups in total. The molecule has 0 radical (unpaired) electrons. The van der Waals surface area contributed by atoms with Crippen LogP contribution < -0.4 is 4.74 Å². The molecule has 0 atom stereocenters. The molecule has 1 aromatic rings. The lowest BCUT2D eigenvalue weighted by Gasteiger charge is -2.02. The van der Waals surface area contributed by atoms with Gasteiger partial charge in [-0.3, -0.25) is 9.59 Å². The molecule has 1 aromatic heterocycles. The number of hydrogen-bond donors (Lipinski definition) is 0. The normalized spacial score (nSPS) is 9.76. The van der Waals surface area contributed by atoms with Crippen LogP contribution >= 0.6 is 0 Å². The Balaban J connectivity index is 2.47. The van der Waals surface area contributed by atoms with Gasteiger partial charge in [-0.1, -0.05) is 6.07 Å². The summed E-state index contributed by atoms with van der Waals surface area (Å²) in [6, 6.07) is 3.42. The number of aromatic nitrogens is 1. The summed E-state index contributed by atoms with van der Waals surface area (Å²) >= 11 is 0. The number of hydrogen-bond acceptors (Lipinski definition) is 5. The molecular weight excluding hydrogens is 222 g/mol. The third-order valence-corrected chi connectivity index (χ3v) is 2.05. The molecule has 0 unspecified atom stereocenters. The largest absolute Gasteiger partial charge is 0.481 e. The molecule has 0 spiro atoms. The molecule has 0 saturated carbocycles. The molecule has 0 saturated heterocycles. The Labute approximate surface area is 99.8 Å². The fraction of sp³-hybridized carbons (Fsp3) is 0.417. The first kappa shape index (κ1) is 13.2.